The zero-order valence-electron chi connectivity index (χ0n) is 13.3. The summed E-state index contributed by atoms with van der Waals surface area (Å²) in [6.07, 6.45) is 3.19. The van der Waals surface area contributed by atoms with Gasteiger partial charge < -0.3 is 14.2 Å². The summed E-state index contributed by atoms with van der Waals surface area (Å²) in [4.78, 5) is 26.3. The molecular formula is C16H24N2O3. The van der Waals surface area contributed by atoms with Gasteiger partial charge in [-0.3, -0.25) is 4.79 Å². The molecule has 5 heteroatoms. The smallest absolute Gasteiger partial charge is 0.410 e. The molecule has 1 unspecified atom stereocenters. The molecule has 1 aromatic heterocycles. The van der Waals surface area contributed by atoms with E-state index in [1.165, 1.54) is 0 Å². The van der Waals surface area contributed by atoms with Crippen molar-refractivity contribution < 1.29 is 14.3 Å². The fourth-order valence-electron chi connectivity index (χ4n) is 2.61. The number of hydrogen-bond donors (Lipinski definition) is 0. The first-order valence-electron chi connectivity index (χ1n) is 7.41. The van der Waals surface area contributed by atoms with Gasteiger partial charge in [0.05, 0.1) is 5.69 Å². The molecule has 1 aromatic rings. The number of piperidine rings is 1. The third-order valence-corrected chi connectivity index (χ3v) is 3.64. The lowest BCUT2D eigenvalue weighted by Crippen LogP contribution is -2.44. The van der Waals surface area contributed by atoms with Crippen molar-refractivity contribution in [2.45, 2.75) is 39.2 Å². The largest absolute Gasteiger partial charge is 0.444 e. The third kappa shape index (κ3) is 3.86. The molecule has 21 heavy (non-hydrogen) atoms. The molecule has 0 saturated carbocycles. The first-order valence-corrected chi connectivity index (χ1v) is 7.41. The summed E-state index contributed by atoms with van der Waals surface area (Å²) in [5.41, 5.74) is 0.192. The van der Waals surface area contributed by atoms with E-state index in [-0.39, 0.29) is 17.8 Å². The van der Waals surface area contributed by atoms with Crippen LogP contribution in [0.2, 0.25) is 0 Å². The Morgan fingerprint density at radius 2 is 2.05 bits per heavy atom. The monoisotopic (exact) mass is 292 g/mol. The van der Waals surface area contributed by atoms with E-state index in [1.54, 1.807) is 4.90 Å². The van der Waals surface area contributed by atoms with Crippen LogP contribution in [0.5, 0.6) is 0 Å². The summed E-state index contributed by atoms with van der Waals surface area (Å²) in [5, 5.41) is 0. The van der Waals surface area contributed by atoms with Crippen molar-refractivity contribution >= 4 is 11.9 Å². The molecule has 1 fully saturated rings. The highest BCUT2D eigenvalue weighted by atomic mass is 16.6. The van der Waals surface area contributed by atoms with E-state index in [0.717, 1.165) is 12.8 Å². The van der Waals surface area contributed by atoms with Crippen molar-refractivity contribution in [1.82, 2.24) is 9.47 Å². The number of Topliss-reactive ketones (excluding diaryl/α,β-unsaturated/α-hetero) is 1. The topological polar surface area (TPSA) is 51.5 Å². The van der Waals surface area contributed by atoms with Crippen molar-refractivity contribution in [3.05, 3.63) is 24.0 Å². The maximum absolute atomic E-state index is 12.5. The summed E-state index contributed by atoms with van der Waals surface area (Å²) < 4.78 is 7.22. The molecule has 116 valence electrons. The number of aromatic nitrogens is 1. The Labute approximate surface area is 125 Å². The highest BCUT2D eigenvalue weighted by Gasteiger charge is 2.32. The average Bonchev–Trinajstić information content (AvgIpc) is 2.82. The summed E-state index contributed by atoms with van der Waals surface area (Å²) >= 11 is 0. The Hall–Kier alpha value is -1.78. The van der Waals surface area contributed by atoms with E-state index in [4.69, 9.17) is 4.74 Å². The molecule has 1 amide bonds. The van der Waals surface area contributed by atoms with Gasteiger partial charge in [0.2, 0.25) is 0 Å². The van der Waals surface area contributed by atoms with E-state index in [0.29, 0.717) is 18.8 Å². The van der Waals surface area contributed by atoms with E-state index in [2.05, 4.69) is 0 Å². The molecule has 1 saturated heterocycles. The first kappa shape index (κ1) is 15.6. The van der Waals surface area contributed by atoms with Crippen molar-refractivity contribution in [3.63, 3.8) is 0 Å². The maximum atomic E-state index is 12.5. The fourth-order valence-corrected chi connectivity index (χ4v) is 2.61. The highest BCUT2D eigenvalue weighted by Crippen LogP contribution is 2.22. The van der Waals surface area contributed by atoms with Gasteiger partial charge in [0, 0.05) is 32.3 Å². The van der Waals surface area contributed by atoms with Gasteiger partial charge in [-0.15, -0.1) is 0 Å². The number of ether oxygens (including phenoxy) is 1. The van der Waals surface area contributed by atoms with Gasteiger partial charge in [-0.05, 0) is 45.7 Å². The molecule has 0 aromatic carbocycles. The third-order valence-electron chi connectivity index (χ3n) is 3.64. The van der Waals surface area contributed by atoms with Crippen molar-refractivity contribution in [2.24, 2.45) is 13.0 Å². The van der Waals surface area contributed by atoms with Crippen LogP contribution in [0, 0.1) is 5.92 Å². The Kier molecular flexibility index (Phi) is 4.40. The summed E-state index contributed by atoms with van der Waals surface area (Å²) in [6.45, 7) is 6.65. The number of rotatable bonds is 2. The second-order valence-corrected chi connectivity index (χ2v) is 6.63. The summed E-state index contributed by atoms with van der Waals surface area (Å²) in [5.74, 6) is -0.0318. The molecule has 0 bridgehead atoms. The lowest BCUT2D eigenvalue weighted by molar-refractivity contribution is 0.0171. The minimum absolute atomic E-state index is 0.107. The van der Waals surface area contributed by atoms with Gasteiger partial charge in [-0.2, -0.15) is 0 Å². The Morgan fingerprint density at radius 1 is 1.33 bits per heavy atom. The molecule has 1 aliphatic rings. The van der Waals surface area contributed by atoms with Gasteiger partial charge in [0.1, 0.15) is 5.60 Å². The normalized spacial score (nSPS) is 19.4. The molecule has 0 aliphatic carbocycles. The number of nitrogens with zero attached hydrogens (tertiary/aromatic N) is 2. The number of carbonyl (C=O) groups excluding carboxylic acids is 2. The summed E-state index contributed by atoms with van der Waals surface area (Å²) in [6, 6.07) is 3.69. The number of hydrogen-bond acceptors (Lipinski definition) is 3. The van der Waals surface area contributed by atoms with Gasteiger partial charge in [-0.1, -0.05) is 0 Å². The van der Waals surface area contributed by atoms with Crippen LogP contribution in [0.3, 0.4) is 0 Å². The molecule has 0 N–H and O–H groups in total. The van der Waals surface area contributed by atoms with Crippen molar-refractivity contribution in [1.29, 1.82) is 0 Å². The van der Waals surface area contributed by atoms with Gasteiger partial charge >= 0.3 is 6.09 Å². The van der Waals surface area contributed by atoms with Gasteiger partial charge in [0.25, 0.3) is 0 Å². The van der Waals surface area contributed by atoms with Crippen LogP contribution in [-0.2, 0) is 11.8 Å². The predicted octanol–water partition coefficient (Wildman–Crippen LogP) is 2.85. The van der Waals surface area contributed by atoms with Gasteiger partial charge in [0.15, 0.2) is 5.78 Å². The standard InChI is InChI=1S/C16H24N2O3/c1-16(2,3)21-15(20)18-10-5-7-12(11-18)14(19)13-8-6-9-17(13)4/h6,8-9,12H,5,7,10-11H2,1-4H3. The molecular weight excluding hydrogens is 268 g/mol. The quantitative estimate of drug-likeness (QED) is 0.788. The van der Waals surface area contributed by atoms with E-state index < -0.39 is 5.60 Å². The van der Waals surface area contributed by atoms with Crippen LogP contribution in [0.25, 0.3) is 0 Å². The van der Waals surface area contributed by atoms with Crippen molar-refractivity contribution in [2.75, 3.05) is 13.1 Å². The van der Waals surface area contributed by atoms with E-state index in [1.807, 2.05) is 50.7 Å². The van der Waals surface area contributed by atoms with Crippen LogP contribution in [0.15, 0.2) is 18.3 Å². The Morgan fingerprint density at radius 3 is 2.62 bits per heavy atom. The van der Waals surface area contributed by atoms with Crippen LogP contribution in [-0.4, -0.2) is 40.0 Å². The Bertz CT molecular complexity index is 528. The molecule has 1 atom stereocenters. The highest BCUT2D eigenvalue weighted by molar-refractivity contribution is 5.97. The number of ketones is 1. The zero-order valence-corrected chi connectivity index (χ0v) is 13.3. The van der Waals surface area contributed by atoms with Gasteiger partial charge in [-0.25, -0.2) is 4.79 Å². The average molecular weight is 292 g/mol. The first-order chi connectivity index (χ1) is 9.78. The molecule has 5 nitrogen and oxygen atoms in total. The number of amides is 1. The second-order valence-electron chi connectivity index (χ2n) is 6.63. The number of likely N-dealkylation sites (tertiary alicyclic amines) is 1. The summed E-state index contributed by atoms with van der Waals surface area (Å²) in [7, 11) is 1.86. The number of aryl methyl sites for hydroxylation is 1. The predicted molar refractivity (Wildman–Crippen MR) is 80.3 cm³/mol. The zero-order chi connectivity index (χ0) is 15.6. The van der Waals surface area contributed by atoms with Crippen LogP contribution < -0.4 is 0 Å². The van der Waals surface area contributed by atoms with Crippen molar-refractivity contribution in [3.8, 4) is 0 Å². The lowest BCUT2D eigenvalue weighted by Gasteiger charge is -2.33. The second kappa shape index (κ2) is 5.92. The Balaban J connectivity index is 2.02. The molecule has 2 heterocycles. The maximum Gasteiger partial charge on any atom is 0.410 e. The molecule has 0 radical (unpaired) electrons. The lowest BCUT2D eigenvalue weighted by atomic mass is 9.92. The molecule has 1 aliphatic heterocycles. The van der Waals surface area contributed by atoms with Crippen LogP contribution in [0.1, 0.15) is 44.1 Å². The van der Waals surface area contributed by atoms with Crippen LogP contribution in [0.4, 0.5) is 4.79 Å². The van der Waals surface area contributed by atoms with E-state index in [9.17, 15) is 9.59 Å². The van der Waals surface area contributed by atoms with Crippen LogP contribution >= 0.6 is 0 Å². The SMILES string of the molecule is Cn1cccc1C(=O)C1CCCN(C(=O)OC(C)(C)C)C1. The van der Waals surface area contributed by atoms with E-state index >= 15 is 0 Å². The minimum atomic E-state index is -0.508. The minimum Gasteiger partial charge on any atom is -0.444 e. The molecule has 2 rings (SSSR count). The number of carbonyl (C=O) groups is 2. The molecule has 0 spiro atoms. The fraction of sp³-hybridized carbons (Fsp3) is 0.625.